The summed E-state index contributed by atoms with van der Waals surface area (Å²) < 4.78 is 5.06. The van der Waals surface area contributed by atoms with Crippen molar-refractivity contribution in [2.75, 3.05) is 12.0 Å². The molecule has 5 rings (SSSR count). The second kappa shape index (κ2) is 15.1. The fourth-order valence-corrected chi connectivity index (χ4v) is 4.04. The molecule has 2 nitrogen and oxygen atoms in total. The number of para-hydroxylation sites is 1. The minimum absolute atomic E-state index is 0.944. The van der Waals surface area contributed by atoms with Crippen molar-refractivity contribution in [3.8, 4) is 16.9 Å². The van der Waals surface area contributed by atoms with E-state index in [1.54, 1.807) is 7.11 Å². The third-order valence-corrected chi connectivity index (χ3v) is 6.08. The standard InChI is InChI=1S/C25H21N.C9H12O.C2H6/c1-20-12-16-24(17-13-20)26(23-10-6-3-7-11-23)25-18-14-22(15-19-25)21-8-4-2-5-9-21;1-3-8-5-4-6-9(7-8)10-2;1-2/h2-19H,1H3;4-7H,3H2,1-2H3;1-2H3. The van der Waals surface area contributed by atoms with E-state index >= 15 is 0 Å². The van der Waals surface area contributed by atoms with Crippen LogP contribution in [-0.4, -0.2) is 7.11 Å². The van der Waals surface area contributed by atoms with Crippen LogP contribution in [0.1, 0.15) is 31.9 Å². The van der Waals surface area contributed by atoms with Crippen molar-refractivity contribution in [2.24, 2.45) is 0 Å². The van der Waals surface area contributed by atoms with Gasteiger partial charge in [-0.3, -0.25) is 0 Å². The molecular weight excluding hydrogens is 462 g/mol. The number of methoxy groups -OCH3 is 1. The molecular formula is C36H39NO. The molecule has 0 amide bonds. The van der Waals surface area contributed by atoms with Crippen LogP contribution in [0.15, 0.2) is 133 Å². The lowest BCUT2D eigenvalue weighted by molar-refractivity contribution is 0.414. The Bertz CT molecular complexity index is 1310. The maximum absolute atomic E-state index is 5.06. The Kier molecular flexibility index (Phi) is 11.2. The Morgan fingerprint density at radius 2 is 1.05 bits per heavy atom. The van der Waals surface area contributed by atoms with Crippen LogP contribution in [0, 0.1) is 6.92 Å². The first-order valence-electron chi connectivity index (χ1n) is 13.4. The maximum Gasteiger partial charge on any atom is 0.119 e. The molecule has 0 heterocycles. The van der Waals surface area contributed by atoms with E-state index in [0.29, 0.717) is 0 Å². The summed E-state index contributed by atoms with van der Waals surface area (Å²) in [5.74, 6) is 0.944. The smallest absolute Gasteiger partial charge is 0.119 e. The molecule has 2 heteroatoms. The van der Waals surface area contributed by atoms with Crippen molar-refractivity contribution in [1.29, 1.82) is 0 Å². The molecule has 0 aliphatic rings. The molecule has 5 aromatic rings. The first-order valence-corrected chi connectivity index (χ1v) is 13.4. The largest absolute Gasteiger partial charge is 0.497 e. The Balaban J connectivity index is 0.000000280. The van der Waals surface area contributed by atoms with Gasteiger partial charge in [-0.1, -0.05) is 111 Å². The predicted octanol–water partition coefficient (Wildman–Crippen LogP) is 10.4. The average Bonchev–Trinajstić information content (AvgIpc) is 3.01. The molecule has 0 fully saturated rings. The zero-order valence-corrected chi connectivity index (χ0v) is 23.3. The summed E-state index contributed by atoms with van der Waals surface area (Å²) >= 11 is 0. The maximum atomic E-state index is 5.06. The van der Waals surface area contributed by atoms with Gasteiger partial charge in [-0.15, -0.1) is 0 Å². The van der Waals surface area contributed by atoms with Crippen molar-refractivity contribution in [2.45, 2.75) is 34.1 Å². The topological polar surface area (TPSA) is 12.5 Å². The minimum atomic E-state index is 0.944. The zero-order chi connectivity index (χ0) is 27.2. The van der Waals surface area contributed by atoms with E-state index in [2.05, 4.69) is 134 Å². The van der Waals surface area contributed by atoms with Gasteiger partial charge < -0.3 is 9.64 Å². The van der Waals surface area contributed by atoms with Gasteiger partial charge in [0.15, 0.2) is 0 Å². The van der Waals surface area contributed by atoms with E-state index in [1.165, 1.54) is 22.3 Å². The van der Waals surface area contributed by atoms with Crippen LogP contribution >= 0.6 is 0 Å². The lowest BCUT2D eigenvalue weighted by atomic mass is 10.0. The Morgan fingerprint density at radius 1 is 0.553 bits per heavy atom. The zero-order valence-electron chi connectivity index (χ0n) is 23.3. The molecule has 0 saturated heterocycles. The molecule has 0 bridgehead atoms. The molecule has 0 atom stereocenters. The van der Waals surface area contributed by atoms with Crippen molar-refractivity contribution in [1.82, 2.24) is 0 Å². The molecule has 0 aliphatic heterocycles. The van der Waals surface area contributed by atoms with Crippen LogP contribution in [0.5, 0.6) is 5.75 Å². The van der Waals surface area contributed by atoms with E-state index in [-0.39, 0.29) is 0 Å². The van der Waals surface area contributed by atoms with E-state index in [4.69, 9.17) is 4.74 Å². The Hall–Kier alpha value is -4.30. The number of nitrogens with zero attached hydrogens (tertiary/aromatic N) is 1. The molecule has 0 radical (unpaired) electrons. The molecule has 0 aromatic heterocycles. The monoisotopic (exact) mass is 501 g/mol. The third kappa shape index (κ3) is 7.85. The lowest BCUT2D eigenvalue weighted by Gasteiger charge is -2.25. The van der Waals surface area contributed by atoms with Crippen LogP contribution in [-0.2, 0) is 6.42 Å². The number of ether oxygens (including phenoxy) is 1. The summed E-state index contributed by atoms with van der Waals surface area (Å²) in [6, 6.07) is 46.5. The van der Waals surface area contributed by atoms with E-state index in [9.17, 15) is 0 Å². The molecule has 194 valence electrons. The molecule has 0 unspecified atom stereocenters. The fourth-order valence-electron chi connectivity index (χ4n) is 4.04. The van der Waals surface area contributed by atoms with Gasteiger partial charge >= 0.3 is 0 Å². The predicted molar refractivity (Wildman–Crippen MR) is 165 cm³/mol. The van der Waals surface area contributed by atoms with Gasteiger partial charge in [0, 0.05) is 17.1 Å². The van der Waals surface area contributed by atoms with Gasteiger partial charge in [-0.05, 0) is 78.6 Å². The van der Waals surface area contributed by atoms with Crippen LogP contribution in [0.4, 0.5) is 17.1 Å². The third-order valence-electron chi connectivity index (χ3n) is 6.08. The number of hydrogen-bond donors (Lipinski definition) is 0. The van der Waals surface area contributed by atoms with Gasteiger partial charge in [0.05, 0.1) is 7.11 Å². The summed E-state index contributed by atoms with van der Waals surface area (Å²) in [5, 5.41) is 0. The highest BCUT2D eigenvalue weighted by atomic mass is 16.5. The molecule has 0 N–H and O–H groups in total. The van der Waals surface area contributed by atoms with E-state index in [0.717, 1.165) is 29.2 Å². The van der Waals surface area contributed by atoms with Gasteiger partial charge in [0.2, 0.25) is 0 Å². The molecule has 38 heavy (non-hydrogen) atoms. The fraction of sp³-hybridized carbons (Fsp3) is 0.167. The highest BCUT2D eigenvalue weighted by Gasteiger charge is 2.12. The summed E-state index contributed by atoms with van der Waals surface area (Å²) in [6.07, 6.45) is 1.07. The van der Waals surface area contributed by atoms with Crippen molar-refractivity contribution in [3.63, 3.8) is 0 Å². The second-order valence-corrected chi connectivity index (χ2v) is 8.62. The summed E-state index contributed by atoms with van der Waals surface area (Å²) in [6.45, 7) is 8.25. The first-order chi connectivity index (χ1) is 18.7. The number of hydrogen-bond acceptors (Lipinski definition) is 2. The summed E-state index contributed by atoms with van der Waals surface area (Å²) in [7, 11) is 1.69. The van der Waals surface area contributed by atoms with Gasteiger partial charge in [-0.25, -0.2) is 0 Å². The Labute approximate surface area is 229 Å². The van der Waals surface area contributed by atoms with Gasteiger partial charge in [-0.2, -0.15) is 0 Å². The first kappa shape index (κ1) is 28.3. The summed E-state index contributed by atoms with van der Waals surface area (Å²) in [4.78, 5) is 2.29. The van der Waals surface area contributed by atoms with Crippen molar-refractivity contribution in [3.05, 3.63) is 145 Å². The normalized spacial score (nSPS) is 9.82. The Morgan fingerprint density at radius 3 is 1.61 bits per heavy atom. The number of aryl methyl sites for hydroxylation is 2. The quantitative estimate of drug-likeness (QED) is 0.229. The summed E-state index contributed by atoms with van der Waals surface area (Å²) in [5.41, 5.74) is 8.52. The highest BCUT2D eigenvalue weighted by Crippen LogP contribution is 2.35. The van der Waals surface area contributed by atoms with Crippen LogP contribution in [0.25, 0.3) is 11.1 Å². The molecule has 5 aromatic carbocycles. The van der Waals surface area contributed by atoms with Crippen molar-refractivity contribution < 1.29 is 4.74 Å². The van der Waals surface area contributed by atoms with Crippen molar-refractivity contribution >= 4 is 17.1 Å². The SMILES string of the molecule is CC.CCc1cccc(OC)c1.Cc1ccc(N(c2ccccc2)c2ccc(-c3ccccc3)cc2)cc1. The lowest BCUT2D eigenvalue weighted by Crippen LogP contribution is -2.09. The van der Waals surface area contributed by atoms with Gasteiger partial charge in [0.1, 0.15) is 5.75 Å². The van der Waals surface area contributed by atoms with E-state index in [1.807, 2.05) is 32.0 Å². The minimum Gasteiger partial charge on any atom is -0.497 e. The number of benzene rings is 5. The average molecular weight is 502 g/mol. The van der Waals surface area contributed by atoms with E-state index < -0.39 is 0 Å². The van der Waals surface area contributed by atoms with Crippen LogP contribution in [0.3, 0.4) is 0 Å². The highest BCUT2D eigenvalue weighted by molar-refractivity contribution is 5.78. The number of anilines is 3. The van der Waals surface area contributed by atoms with Crippen LogP contribution in [0.2, 0.25) is 0 Å². The second-order valence-electron chi connectivity index (χ2n) is 8.62. The van der Waals surface area contributed by atoms with Gasteiger partial charge in [0.25, 0.3) is 0 Å². The molecule has 0 spiro atoms. The van der Waals surface area contributed by atoms with Crippen LogP contribution < -0.4 is 9.64 Å². The number of rotatable bonds is 6. The molecule has 0 aliphatic carbocycles. The molecule has 0 saturated carbocycles.